The van der Waals surface area contributed by atoms with E-state index in [1.54, 1.807) is 23.1 Å². The van der Waals surface area contributed by atoms with E-state index in [0.29, 0.717) is 12.1 Å². The molecular formula is C24H29N3O2S2. The van der Waals surface area contributed by atoms with Gasteiger partial charge in [0.15, 0.2) is 5.13 Å². The number of thioether (sulfide) groups is 1. The molecule has 164 valence electrons. The molecule has 1 amide bonds. The van der Waals surface area contributed by atoms with Crippen LogP contribution in [0.5, 0.6) is 0 Å². The molecule has 0 spiro atoms. The number of ether oxygens (including phenoxy) is 1. The summed E-state index contributed by atoms with van der Waals surface area (Å²) in [4.78, 5) is 23.9. The minimum atomic E-state index is 0.0141. The molecule has 0 saturated carbocycles. The molecule has 0 atom stereocenters. The molecule has 0 aliphatic carbocycles. The lowest BCUT2D eigenvalue weighted by Gasteiger charge is -2.29. The second-order valence-electron chi connectivity index (χ2n) is 7.80. The summed E-state index contributed by atoms with van der Waals surface area (Å²) in [6.45, 7) is 11.1. The first kappa shape index (κ1) is 22.3. The number of hydrogen-bond acceptors (Lipinski definition) is 6. The lowest BCUT2D eigenvalue weighted by molar-refractivity contribution is 0.0391. The number of fused-ring (bicyclic) bond motifs is 1. The number of carbonyl (C=O) groups excluding carboxylic acids is 1. The number of aromatic nitrogens is 1. The molecule has 2 aromatic carbocycles. The molecule has 31 heavy (non-hydrogen) atoms. The summed E-state index contributed by atoms with van der Waals surface area (Å²) in [5.41, 5.74) is 4.08. The maximum atomic E-state index is 13.6. The number of benzene rings is 2. The Balaban J connectivity index is 1.66. The Morgan fingerprint density at radius 3 is 2.81 bits per heavy atom. The van der Waals surface area contributed by atoms with Crippen molar-refractivity contribution >= 4 is 44.4 Å². The van der Waals surface area contributed by atoms with Crippen LogP contribution < -0.4 is 4.90 Å². The van der Waals surface area contributed by atoms with Crippen molar-refractivity contribution in [2.24, 2.45) is 0 Å². The lowest BCUT2D eigenvalue weighted by Crippen LogP contribution is -2.43. The van der Waals surface area contributed by atoms with E-state index in [9.17, 15) is 4.79 Å². The van der Waals surface area contributed by atoms with Gasteiger partial charge in [0, 0.05) is 36.6 Å². The molecule has 7 heteroatoms. The number of thiazole rings is 1. The van der Waals surface area contributed by atoms with E-state index in [4.69, 9.17) is 9.72 Å². The highest BCUT2D eigenvalue weighted by atomic mass is 32.2. The first-order valence-corrected chi connectivity index (χ1v) is 12.6. The Labute approximate surface area is 192 Å². The molecule has 1 saturated heterocycles. The fourth-order valence-corrected chi connectivity index (χ4v) is 5.75. The van der Waals surface area contributed by atoms with E-state index in [0.717, 1.165) is 64.4 Å². The van der Waals surface area contributed by atoms with Crippen molar-refractivity contribution < 1.29 is 9.53 Å². The molecule has 0 radical (unpaired) electrons. The van der Waals surface area contributed by atoms with E-state index >= 15 is 0 Å². The number of anilines is 1. The Hall–Kier alpha value is -1.93. The number of amides is 1. The van der Waals surface area contributed by atoms with Gasteiger partial charge in [-0.1, -0.05) is 30.4 Å². The van der Waals surface area contributed by atoms with Crippen molar-refractivity contribution in [2.75, 3.05) is 50.0 Å². The second kappa shape index (κ2) is 10.1. The first-order chi connectivity index (χ1) is 15.0. The third-order valence-electron chi connectivity index (χ3n) is 5.43. The number of hydrogen-bond donors (Lipinski definition) is 0. The molecule has 1 fully saturated rings. The first-order valence-electron chi connectivity index (χ1n) is 10.8. The zero-order valence-electron chi connectivity index (χ0n) is 18.4. The van der Waals surface area contributed by atoms with Crippen molar-refractivity contribution in [2.45, 2.75) is 25.7 Å². The Morgan fingerprint density at radius 1 is 1.23 bits per heavy atom. The van der Waals surface area contributed by atoms with Crippen LogP contribution >= 0.6 is 23.1 Å². The Kier molecular flexibility index (Phi) is 7.27. The Bertz CT molecular complexity index is 1060. The minimum Gasteiger partial charge on any atom is -0.379 e. The third-order valence-corrected chi connectivity index (χ3v) is 7.33. The van der Waals surface area contributed by atoms with Crippen LogP contribution in [0.1, 0.15) is 28.4 Å². The summed E-state index contributed by atoms with van der Waals surface area (Å²) in [7, 11) is 0. The van der Waals surface area contributed by atoms with Crippen molar-refractivity contribution in [1.82, 2.24) is 9.88 Å². The summed E-state index contributed by atoms with van der Waals surface area (Å²) >= 11 is 3.36. The largest absolute Gasteiger partial charge is 0.379 e. The summed E-state index contributed by atoms with van der Waals surface area (Å²) in [5.74, 6) is 0.995. The van der Waals surface area contributed by atoms with E-state index in [2.05, 4.69) is 43.9 Å². The monoisotopic (exact) mass is 455 g/mol. The van der Waals surface area contributed by atoms with Crippen LogP contribution in [0.2, 0.25) is 0 Å². The van der Waals surface area contributed by atoms with Gasteiger partial charge < -0.3 is 4.74 Å². The molecule has 1 aliphatic rings. The number of aryl methyl sites for hydroxylation is 2. The van der Waals surface area contributed by atoms with Crippen LogP contribution in [0.25, 0.3) is 10.2 Å². The van der Waals surface area contributed by atoms with Crippen LogP contribution in [-0.4, -0.2) is 60.9 Å². The predicted molar refractivity (Wildman–Crippen MR) is 131 cm³/mol. The van der Waals surface area contributed by atoms with Crippen molar-refractivity contribution in [3.05, 3.63) is 53.1 Å². The van der Waals surface area contributed by atoms with Crippen molar-refractivity contribution in [3.63, 3.8) is 0 Å². The van der Waals surface area contributed by atoms with Gasteiger partial charge in [-0.05, 0) is 55.0 Å². The molecule has 3 aromatic rings. The van der Waals surface area contributed by atoms with Crippen LogP contribution in [0.4, 0.5) is 5.13 Å². The molecule has 0 bridgehead atoms. The molecule has 4 rings (SSSR count). The average molecular weight is 456 g/mol. The van der Waals surface area contributed by atoms with Crippen LogP contribution in [0.3, 0.4) is 0 Å². The average Bonchev–Trinajstić information content (AvgIpc) is 3.19. The van der Waals surface area contributed by atoms with Crippen LogP contribution in [0.15, 0.2) is 41.3 Å². The van der Waals surface area contributed by atoms with Gasteiger partial charge in [0.1, 0.15) is 0 Å². The SMILES string of the molecule is CCSc1cccc(C(=O)N(CCN2CCOCC2)c2nc3c(C)cc(C)cc3s2)c1. The maximum Gasteiger partial charge on any atom is 0.260 e. The number of nitrogens with zero attached hydrogens (tertiary/aromatic N) is 3. The van der Waals surface area contributed by atoms with Crippen molar-refractivity contribution in [1.29, 1.82) is 0 Å². The number of carbonyl (C=O) groups is 1. The van der Waals surface area contributed by atoms with E-state index in [1.165, 1.54) is 5.56 Å². The fraction of sp³-hybridized carbons (Fsp3) is 0.417. The molecular weight excluding hydrogens is 426 g/mol. The number of rotatable bonds is 7. The third kappa shape index (κ3) is 5.29. The molecule has 1 aliphatic heterocycles. The summed E-state index contributed by atoms with van der Waals surface area (Å²) in [6, 6.07) is 12.3. The maximum absolute atomic E-state index is 13.6. The van der Waals surface area contributed by atoms with E-state index in [-0.39, 0.29) is 5.91 Å². The van der Waals surface area contributed by atoms with Gasteiger partial charge in [-0.15, -0.1) is 11.8 Å². The molecule has 0 N–H and O–H groups in total. The van der Waals surface area contributed by atoms with Gasteiger partial charge in [0.05, 0.1) is 23.4 Å². The number of morpholine rings is 1. The zero-order chi connectivity index (χ0) is 21.8. The van der Waals surface area contributed by atoms with E-state index < -0.39 is 0 Å². The van der Waals surface area contributed by atoms with Gasteiger partial charge in [0.25, 0.3) is 5.91 Å². The Morgan fingerprint density at radius 2 is 2.03 bits per heavy atom. The fourth-order valence-electron chi connectivity index (χ4n) is 3.87. The summed E-state index contributed by atoms with van der Waals surface area (Å²) in [6.07, 6.45) is 0. The highest BCUT2D eigenvalue weighted by molar-refractivity contribution is 7.99. The van der Waals surface area contributed by atoms with Crippen LogP contribution in [0, 0.1) is 13.8 Å². The second-order valence-corrected chi connectivity index (χ2v) is 10.1. The normalized spacial score (nSPS) is 14.8. The lowest BCUT2D eigenvalue weighted by atomic mass is 10.1. The highest BCUT2D eigenvalue weighted by Gasteiger charge is 2.23. The van der Waals surface area contributed by atoms with Gasteiger partial charge in [0.2, 0.25) is 0 Å². The quantitative estimate of drug-likeness (QED) is 0.469. The predicted octanol–water partition coefficient (Wildman–Crippen LogP) is 5.00. The van der Waals surface area contributed by atoms with Gasteiger partial charge >= 0.3 is 0 Å². The smallest absolute Gasteiger partial charge is 0.260 e. The summed E-state index contributed by atoms with van der Waals surface area (Å²) < 4.78 is 6.60. The molecule has 1 aromatic heterocycles. The van der Waals surface area contributed by atoms with Crippen LogP contribution in [-0.2, 0) is 4.74 Å². The molecule has 2 heterocycles. The minimum absolute atomic E-state index is 0.0141. The topological polar surface area (TPSA) is 45.7 Å². The molecule has 5 nitrogen and oxygen atoms in total. The summed E-state index contributed by atoms with van der Waals surface area (Å²) in [5, 5.41) is 0.774. The van der Waals surface area contributed by atoms with Gasteiger partial charge in [-0.2, -0.15) is 0 Å². The van der Waals surface area contributed by atoms with Gasteiger partial charge in [-0.25, -0.2) is 4.98 Å². The standard InChI is InChI=1S/C24H29N3O2S2/c1-4-30-20-7-5-6-19(16-20)23(28)27(9-8-26-10-12-29-13-11-26)24-25-22-18(3)14-17(2)15-21(22)31-24/h5-7,14-16H,4,8-13H2,1-3H3. The molecule has 0 unspecified atom stereocenters. The highest BCUT2D eigenvalue weighted by Crippen LogP contribution is 2.32. The van der Waals surface area contributed by atoms with Gasteiger partial charge in [-0.3, -0.25) is 14.6 Å². The van der Waals surface area contributed by atoms with E-state index in [1.807, 2.05) is 23.1 Å². The zero-order valence-corrected chi connectivity index (χ0v) is 20.0. The van der Waals surface area contributed by atoms with Crippen molar-refractivity contribution in [3.8, 4) is 0 Å².